The van der Waals surface area contributed by atoms with Crippen molar-refractivity contribution in [2.24, 2.45) is 5.73 Å². The van der Waals surface area contributed by atoms with Crippen molar-refractivity contribution < 1.29 is 14.7 Å². The van der Waals surface area contributed by atoms with E-state index in [1.165, 1.54) is 0 Å². The highest BCUT2D eigenvalue weighted by atomic mass is 16.4. The number of hydrogen-bond donors (Lipinski definition) is 3. The molecule has 0 radical (unpaired) electrons. The number of carbonyl (C=O) groups excluding carboxylic acids is 1. The van der Waals surface area contributed by atoms with Crippen LogP contribution in [0.1, 0.15) is 19.3 Å². The molecule has 0 aromatic heterocycles. The Balaban J connectivity index is 2.06. The average Bonchev–Trinajstić information content (AvgIpc) is 2.38. The summed E-state index contributed by atoms with van der Waals surface area (Å²) in [6.07, 6.45) is 1.90. The molecule has 1 atom stereocenters. The zero-order chi connectivity index (χ0) is 14.3. The van der Waals surface area contributed by atoms with Crippen LogP contribution in [-0.4, -0.2) is 72.7 Å². The molecule has 2 amide bonds. The Morgan fingerprint density at radius 3 is 2.47 bits per heavy atom. The summed E-state index contributed by atoms with van der Waals surface area (Å²) in [5.41, 5.74) is 5.39. The number of aliphatic carboxylic acids is 1. The van der Waals surface area contributed by atoms with Gasteiger partial charge in [-0.05, 0) is 26.3 Å². The third-order valence-corrected chi connectivity index (χ3v) is 3.33. The van der Waals surface area contributed by atoms with Gasteiger partial charge in [-0.15, -0.1) is 0 Å². The molecule has 0 unspecified atom stereocenters. The molecule has 7 nitrogen and oxygen atoms in total. The van der Waals surface area contributed by atoms with Gasteiger partial charge in [0.15, 0.2) is 0 Å². The molecule has 4 N–H and O–H groups in total. The summed E-state index contributed by atoms with van der Waals surface area (Å²) >= 11 is 0. The summed E-state index contributed by atoms with van der Waals surface area (Å²) in [5, 5.41) is 11.5. The van der Waals surface area contributed by atoms with Crippen LogP contribution in [0.4, 0.5) is 4.79 Å². The maximum atomic E-state index is 11.8. The summed E-state index contributed by atoms with van der Waals surface area (Å²) in [5.74, 6) is -0.971. The molecular formula is C12H24N4O3. The summed E-state index contributed by atoms with van der Waals surface area (Å²) in [6, 6.07) is -0.830. The van der Waals surface area contributed by atoms with Gasteiger partial charge >= 0.3 is 12.0 Å². The number of carboxylic acids is 1. The van der Waals surface area contributed by atoms with Crippen molar-refractivity contribution in [2.45, 2.75) is 25.3 Å². The van der Waals surface area contributed by atoms with Crippen LogP contribution in [0, 0.1) is 0 Å². The van der Waals surface area contributed by atoms with Gasteiger partial charge in [0.05, 0.1) is 0 Å². The van der Waals surface area contributed by atoms with E-state index in [2.05, 4.69) is 10.2 Å². The molecular weight excluding hydrogens is 248 g/mol. The number of rotatable bonds is 6. The van der Waals surface area contributed by atoms with E-state index in [0.29, 0.717) is 19.4 Å². The van der Waals surface area contributed by atoms with Crippen molar-refractivity contribution in [3.63, 3.8) is 0 Å². The zero-order valence-corrected chi connectivity index (χ0v) is 11.5. The third-order valence-electron chi connectivity index (χ3n) is 3.33. The number of nitrogens with two attached hydrogens (primary N) is 1. The standard InChI is InChI=1S/C12H24N4O3/c1-15-6-8-16(9-7-15)12(19)14-5-3-2-4-10(13)11(17)18/h10H,2-9,13H2,1H3,(H,14,19)(H,17,18)/t10-/m0/s1. The fourth-order valence-corrected chi connectivity index (χ4v) is 1.93. The number of hydrogen-bond acceptors (Lipinski definition) is 4. The summed E-state index contributed by atoms with van der Waals surface area (Å²) in [4.78, 5) is 26.3. The fraction of sp³-hybridized carbons (Fsp3) is 0.833. The Labute approximate surface area is 113 Å². The maximum absolute atomic E-state index is 11.8. The van der Waals surface area contributed by atoms with E-state index in [1.54, 1.807) is 0 Å². The van der Waals surface area contributed by atoms with Gasteiger partial charge in [-0.3, -0.25) is 4.79 Å². The van der Waals surface area contributed by atoms with Crippen molar-refractivity contribution in [3.8, 4) is 0 Å². The Morgan fingerprint density at radius 1 is 1.26 bits per heavy atom. The quantitative estimate of drug-likeness (QED) is 0.568. The molecule has 0 saturated carbocycles. The van der Waals surface area contributed by atoms with E-state index >= 15 is 0 Å². The van der Waals surface area contributed by atoms with Gasteiger partial charge in [0, 0.05) is 32.7 Å². The zero-order valence-electron chi connectivity index (χ0n) is 11.5. The molecule has 0 aromatic rings. The van der Waals surface area contributed by atoms with Crippen molar-refractivity contribution in [3.05, 3.63) is 0 Å². The predicted molar refractivity (Wildman–Crippen MR) is 71.9 cm³/mol. The Kier molecular flexibility index (Phi) is 6.58. The van der Waals surface area contributed by atoms with Gasteiger partial charge in [-0.25, -0.2) is 4.79 Å². The molecule has 1 aliphatic heterocycles. The number of likely N-dealkylation sites (N-methyl/N-ethyl adjacent to an activating group) is 1. The van der Waals surface area contributed by atoms with E-state index in [4.69, 9.17) is 10.8 Å². The first-order valence-corrected chi connectivity index (χ1v) is 6.70. The van der Waals surface area contributed by atoms with E-state index in [1.807, 2.05) is 11.9 Å². The molecule has 0 spiro atoms. The second-order valence-corrected chi connectivity index (χ2v) is 4.96. The number of carboxylic acid groups (broad SMARTS) is 1. The second-order valence-electron chi connectivity index (χ2n) is 4.96. The lowest BCUT2D eigenvalue weighted by Crippen LogP contribution is -2.50. The van der Waals surface area contributed by atoms with Gasteiger partial charge in [0.25, 0.3) is 0 Å². The Bertz CT molecular complexity index is 303. The Hall–Kier alpha value is -1.34. The first-order valence-electron chi connectivity index (χ1n) is 6.70. The van der Waals surface area contributed by atoms with E-state index in [9.17, 15) is 9.59 Å². The van der Waals surface area contributed by atoms with E-state index in [-0.39, 0.29) is 6.03 Å². The Morgan fingerprint density at radius 2 is 1.89 bits per heavy atom. The molecule has 1 rings (SSSR count). The first kappa shape index (κ1) is 15.7. The minimum atomic E-state index is -0.971. The lowest BCUT2D eigenvalue weighted by atomic mass is 10.1. The van der Waals surface area contributed by atoms with Crippen LogP contribution in [0.3, 0.4) is 0 Å². The molecule has 7 heteroatoms. The van der Waals surface area contributed by atoms with E-state index < -0.39 is 12.0 Å². The molecule has 1 heterocycles. The van der Waals surface area contributed by atoms with Crippen molar-refractivity contribution in [1.29, 1.82) is 0 Å². The van der Waals surface area contributed by atoms with E-state index in [0.717, 1.165) is 32.6 Å². The van der Waals surface area contributed by atoms with Crippen LogP contribution < -0.4 is 11.1 Å². The van der Waals surface area contributed by atoms with Gasteiger partial charge in [0.2, 0.25) is 0 Å². The number of unbranched alkanes of at least 4 members (excludes halogenated alkanes) is 1. The van der Waals surface area contributed by atoms with Gasteiger partial charge < -0.3 is 26.0 Å². The van der Waals surface area contributed by atoms with Crippen LogP contribution in [-0.2, 0) is 4.79 Å². The first-order chi connectivity index (χ1) is 9.00. The molecule has 19 heavy (non-hydrogen) atoms. The van der Waals surface area contributed by atoms with Crippen LogP contribution >= 0.6 is 0 Å². The van der Waals surface area contributed by atoms with Gasteiger partial charge in [-0.1, -0.05) is 0 Å². The molecule has 1 fully saturated rings. The topological polar surface area (TPSA) is 98.9 Å². The highest BCUT2D eigenvalue weighted by Gasteiger charge is 2.18. The smallest absolute Gasteiger partial charge is 0.320 e. The summed E-state index contributed by atoms with van der Waals surface area (Å²) in [6.45, 7) is 3.89. The van der Waals surface area contributed by atoms with Gasteiger partial charge in [-0.2, -0.15) is 0 Å². The molecule has 0 aromatic carbocycles. The summed E-state index contributed by atoms with van der Waals surface area (Å²) in [7, 11) is 2.04. The molecule has 1 saturated heterocycles. The van der Waals surface area contributed by atoms with Crippen molar-refractivity contribution in [2.75, 3.05) is 39.8 Å². The number of urea groups is 1. The fourth-order valence-electron chi connectivity index (χ4n) is 1.93. The average molecular weight is 272 g/mol. The molecule has 110 valence electrons. The number of nitrogens with one attached hydrogen (secondary N) is 1. The largest absolute Gasteiger partial charge is 0.480 e. The number of amides is 2. The second kappa shape index (κ2) is 7.96. The maximum Gasteiger partial charge on any atom is 0.320 e. The van der Waals surface area contributed by atoms with Crippen LogP contribution in [0.15, 0.2) is 0 Å². The minimum Gasteiger partial charge on any atom is -0.480 e. The molecule has 1 aliphatic rings. The molecule has 0 aliphatic carbocycles. The highest BCUT2D eigenvalue weighted by molar-refractivity contribution is 5.74. The van der Waals surface area contributed by atoms with Gasteiger partial charge in [0.1, 0.15) is 6.04 Å². The summed E-state index contributed by atoms with van der Waals surface area (Å²) < 4.78 is 0. The SMILES string of the molecule is CN1CCN(C(=O)NCCCC[C@H](N)C(=O)O)CC1. The number of carbonyl (C=O) groups is 2. The monoisotopic (exact) mass is 272 g/mol. The minimum absolute atomic E-state index is 0.0318. The van der Waals surface area contributed by atoms with Crippen LogP contribution in [0.5, 0.6) is 0 Å². The van der Waals surface area contributed by atoms with Crippen LogP contribution in [0.25, 0.3) is 0 Å². The predicted octanol–water partition coefficient (Wildman–Crippen LogP) is -0.474. The third kappa shape index (κ3) is 5.89. The van der Waals surface area contributed by atoms with Crippen LogP contribution in [0.2, 0.25) is 0 Å². The van der Waals surface area contributed by atoms with Crippen molar-refractivity contribution in [1.82, 2.24) is 15.1 Å². The lowest BCUT2D eigenvalue weighted by Gasteiger charge is -2.32. The lowest BCUT2D eigenvalue weighted by molar-refractivity contribution is -0.138. The number of piperazine rings is 1. The normalized spacial score (nSPS) is 18.1. The number of nitrogens with zero attached hydrogens (tertiary/aromatic N) is 2. The van der Waals surface area contributed by atoms with Crippen molar-refractivity contribution >= 4 is 12.0 Å². The molecule has 0 bridgehead atoms. The highest BCUT2D eigenvalue weighted by Crippen LogP contribution is 2.01.